The van der Waals surface area contributed by atoms with Gasteiger partial charge in [-0.3, -0.25) is 4.79 Å². The topological polar surface area (TPSA) is 137 Å². The first kappa shape index (κ1) is 19.8. The highest BCUT2D eigenvalue weighted by molar-refractivity contribution is 6.31. The van der Waals surface area contributed by atoms with Gasteiger partial charge in [0, 0.05) is 11.8 Å². The van der Waals surface area contributed by atoms with Crippen LogP contribution in [0.2, 0.25) is 5.02 Å². The molecular weight excluding hydrogens is 400 g/mol. The molecule has 0 aliphatic carbocycles. The Morgan fingerprint density at radius 2 is 1.97 bits per heavy atom. The quantitative estimate of drug-likeness (QED) is 0.232. The van der Waals surface area contributed by atoms with Crippen LogP contribution >= 0.6 is 11.6 Å². The van der Waals surface area contributed by atoms with Gasteiger partial charge in [-0.05, 0) is 30.3 Å². The van der Waals surface area contributed by atoms with Crippen molar-refractivity contribution in [3.05, 3.63) is 60.3 Å². The molecule has 3 rings (SSSR count). The Hall–Kier alpha value is -3.98. The second kappa shape index (κ2) is 8.36. The van der Waals surface area contributed by atoms with E-state index in [1.54, 1.807) is 24.3 Å². The Morgan fingerprint density at radius 1 is 1.17 bits per heavy atom. The van der Waals surface area contributed by atoms with Gasteiger partial charge in [-0.25, -0.2) is 4.98 Å². The number of phenolic OH excluding ortho intramolecular Hbond substituents is 3. The fourth-order valence-electron chi connectivity index (χ4n) is 2.22. The summed E-state index contributed by atoms with van der Waals surface area (Å²) in [6, 6.07) is 9.06. The average Bonchev–Trinajstić information content (AvgIpc) is 2.71. The molecule has 5 N–H and O–H groups in total. The van der Waals surface area contributed by atoms with Crippen molar-refractivity contribution in [3.63, 3.8) is 0 Å². The maximum Gasteiger partial charge on any atom is 0.247 e. The third-order valence-electron chi connectivity index (χ3n) is 3.59. The van der Waals surface area contributed by atoms with E-state index in [1.165, 1.54) is 18.3 Å². The van der Waals surface area contributed by atoms with Crippen LogP contribution in [0.25, 0.3) is 0 Å². The molecule has 0 bridgehead atoms. The van der Waals surface area contributed by atoms with Gasteiger partial charge in [-0.2, -0.15) is 4.98 Å². The number of benzene rings is 2. The van der Waals surface area contributed by atoms with Crippen molar-refractivity contribution in [1.29, 1.82) is 0 Å². The number of ether oxygens (including phenoxy) is 1. The minimum atomic E-state index is -0.682. The van der Waals surface area contributed by atoms with Gasteiger partial charge in [-0.1, -0.05) is 24.2 Å². The number of amides is 1. The SMILES string of the molecule is C=CC(=O)Nc1cccc(Oc2nc(Nc3ccc(O)c(O)c3O)ncc2Cl)c1. The highest BCUT2D eigenvalue weighted by atomic mass is 35.5. The molecule has 0 atom stereocenters. The van der Waals surface area contributed by atoms with E-state index >= 15 is 0 Å². The number of aromatic hydroxyl groups is 3. The lowest BCUT2D eigenvalue weighted by molar-refractivity contribution is -0.111. The maximum atomic E-state index is 11.4. The third kappa shape index (κ3) is 4.66. The lowest BCUT2D eigenvalue weighted by Gasteiger charge is -2.12. The van der Waals surface area contributed by atoms with Crippen LogP contribution in [0.1, 0.15) is 0 Å². The molecule has 1 amide bonds. The molecule has 0 spiro atoms. The van der Waals surface area contributed by atoms with Gasteiger partial charge in [0.25, 0.3) is 0 Å². The molecule has 1 aromatic heterocycles. The molecule has 0 fully saturated rings. The summed E-state index contributed by atoms with van der Waals surface area (Å²) in [5.74, 6) is -1.72. The fourth-order valence-corrected chi connectivity index (χ4v) is 2.35. The summed E-state index contributed by atoms with van der Waals surface area (Å²) >= 11 is 6.09. The Morgan fingerprint density at radius 3 is 2.72 bits per heavy atom. The summed E-state index contributed by atoms with van der Waals surface area (Å²) in [5.41, 5.74) is 0.545. The third-order valence-corrected chi connectivity index (χ3v) is 3.85. The van der Waals surface area contributed by atoms with E-state index < -0.39 is 17.2 Å². The molecule has 148 valence electrons. The maximum absolute atomic E-state index is 11.4. The Labute approximate surface area is 169 Å². The van der Waals surface area contributed by atoms with Crippen LogP contribution in [0.3, 0.4) is 0 Å². The van der Waals surface area contributed by atoms with E-state index in [9.17, 15) is 20.1 Å². The van der Waals surface area contributed by atoms with Crippen molar-refractivity contribution in [3.8, 4) is 28.9 Å². The van der Waals surface area contributed by atoms with Crippen LogP contribution in [0.4, 0.5) is 17.3 Å². The van der Waals surface area contributed by atoms with E-state index in [2.05, 4.69) is 27.2 Å². The number of carbonyl (C=O) groups excluding carboxylic acids is 1. The van der Waals surface area contributed by atoms with Gasteiger partial charge in [0.15, 0.2) is 11.5 Å². The van der Waals surface area contributed by atoms with Crippen molar-refractivity contribution >= 4 is 34.8 Å². The number of halogens is 1. The zero-order valence-corrected chi connectivity index (χ0v) is 15.5. The Kier molecular flexibility index (Phi) is 5.70. The number of anilines is 3. The molecule has 1 heterocycles. The summed E-state index contributed by atoms with van der Waals surface area (Å²) in [7, 11) is 0. The van der Waals surface area contributed by atoms with Crippen molar-refractivity contribution in [1.82, 2.24) is 9.97 Å². The Bertz CT molecular complexity index is 1090. The van der Waals surface area contributed by atoms with Crippen LogP contribution in [0, 0.1) is 0 Å². The number of nitrogens with zero attached hydrogens (tertiary/aromatic N) is 2. The highest BCUT2D eigenvalue weighted by Crippen LogP contribution is 2.41. The molecule has 3 aromatic rings. The minimum absolute atomic E-state index is 0.0128. The predicted molar refractivity (Wildman–Crippen MR) is 107 cm³/mol. The average molecular weight is 415 g/mol. The molecule has 0 radical (unpaired) electrons. The first-order chi connectivity index (χ1) is 13.9. The van der Waals surface area contributed by atoms with Crippen molar-refractivity contribution in [2.75, 3.05) is 10.6 Å². The standard InChI is InChI=1S/C19H15ClN4O5/c1-2-15(26)22-10-4-3-5-11(8-10)29-18-12(20)9-21-19(24-18)23-13-6-7-14(25)17(28)16(13)27/h2-9,25,27-28H,1H2,(H,22,26)(H,21,23,24). The summed E-state index contributed by atoms with van der Waals surface area (Å²) in [4.78, 5) is 19.5. The van der Waals surface area contributed by atoms with Gasteiger partial charge in [0.05, 0.1) is 11.9 Å². The van der Waals surface area contributed by atoms with E-state index in [0.717, 1.165) is 6.08 Å². The normalized spacial score (nSPS) is 10.2. The van der Waals surface area contributed by atoms with Crippen LogP contribution < -0.4 is 15.4 Å². The minimum Gasteiger partial charge on any atom is -0.504 e. The highest BCUT2D eigenvalue weighted by Gasteiger charge is 2.14. The van der Waals surface area contributed by atoms with Gasteiger partial charge < -0.3 is 30.7 Å². The summed E-state index contributed by atoms with van der Waals surface area (Å²) in [6.45, 7) is 3.39. The number of hydrogen-bond acceptors (Lipinski definition) is 8. The molecule has 9 nitrogen and oxygen atoms in total. The van der Waals surface area contributed by atoms with E-state index in [4.69, 9.17) is 16.3 Å². The zero-order valence-electron chi connectivity index (χ0n) is 14.8. The molecule has 0 aliphatic heterocycles. The van der Waals surface area contributed by atoms with Crippen LogP contribution in [-0.2, 0) is 4.79 Å². The second-order valence-corrected chi connectivity index (χ2v) is 6.03. The number of hydrogen-bond donors (Lipinski definition) is 5. The van der Waals surface area contributed by atoms with Crippen LogP contribution in [0.5, 0.6) is 28.9 Å². The number of carbonyl (C=O) groups is 1. The Balaban J connectivity index is 1.83. The summed E-state index contributed by atoms with van der Waals surface area (Å²) < 4.78 is 5.66. The smallest absolute Gasteiger partial charge is 0.247 e. The largest absolute Gasteiger partial charge is 0.504 e. The number of rotatable bonds is 6. The molecule has 0 aliphatic rings. The molecule has 2 aromatic carbocycles. The number of nitrogens with one attached hydrogen (secondary N) is 2. The van der Waals surface area contributed by atoms with E-state index in [0.29, 0.717) is 11.4 Å². The molecule has 0 saturated carbocycles. The van der Waals surface area contributed by atoms with Gasteiger partial charge in [-0.15, -0.1) is 0 Å². The molecule has 0 saturated heterocycles. The first-order valence-electron chi connectivity index (χ1n) is 8.12. The zero-order chi connectivity index (χ0) is 21.0. The molecule has 29 heavy (non-hydrogen) atoms. The predicted octanol–water partition coefficient (Wildman–Crippen LogP) is 3.91. The van der Waals surface area contributed by atoms with Gasteiger partial charge >= 0.3 is 0 Å². The number of aromatic nitrogens is 2. The van der Waals surface area contributed by atoms with E-state index in [1.807, 2.05) is 0 Å². The lowest BCUT2D eigenvalue weighted by atomic mass is 10.2. The fraction of sp³-hybridized carbons (Fsp3) is 0. The van der Waals surface area contributed by atoms with Crippen LogP contribution in [0.15, 0.2) is 55.3 Å². The monoisotopic (exact) mass is 414 g/mol. The van der Waals surface area contributed by atoms with Crippen LogP contribution in [-0.4, -0.2) is 31.2 Å². The van der Waals surface area contributed by atoms with Gasteiger partial charge in [0.1, 0.15) is 10.8 Å². The summed E-state index contributed by atoms with van der Waals surface area (Å²) in [6.07, 6.45) is 2.43. The molecule has 0 unspecified atom stereocenters. The summed E-state index contributed by atoms with van der Waals surface area (Å²) in [5, 5.41) is 34.3. The molecular formula is C19H15ClN4O5. The van der Waals surface area contributed by atoms with Crippen molar-refractivity contribution < 1.29 is 24.9 Å². The van der Waals surface area contributed by atoms with Crippen molar-refractivity contribution in [2.45, 2.75) is 0 Å². The second-order valence-electron chi connectivity index (χ2n) is 5.62. The van der Waals surface area contributed by atoms with Gasteiger partial charge in [0.2, 0.25) is 23.5 Å². The lowest BCUT2D eigenvalue weighted by Crippen LogP contribution is -2.07. The van der Waals surface area contributed by atoms with Crippen molar-refractivity contribution in [2.24, 2.45) is 0 Å². The molecule has 10 heteroatoms. The first-order valence-corrected chi connectivity index (χ1v) is 8.50. The van der Waals surface area contributed by atoms with E-state index in [-0.39, 0.29) is 28.4 Å². The number of phenols is 3.